The highest BCUT2D eigenvalue weighted by atomic mass is 35.5. The third-order valence-corrected chi connectivity index (χ3v) is 3.14. The van der Waals surface area contributed by atoms with Crippen LogP contribution in [0.15, 0.2) is 18.2 Å². The van der Waals surface area contributed by atoms with Gasteiger partial charge in [0, 0.05) is 19.7 Å². The molecule has 0 aliphatic rings. The Morgan fingerprint density at radius 1 is 1.40 bits per heavy atom. The van der Waals surface area contributed by atoms with Crippen LogP contribution in [-0.2, 0) is 0 Å². The Labute approximate surface area is 123 Å². The summed E-state index contributed by atoms with van der Waals surface area (Å²) in [7, 11) is 0. The molecule has 0 atom stereocenters. The van der Waals surface area contributed by atoms with Crippen molar-refractivity contribution in [3.63, 3.8) is 0 Å². The first-order valence-corrected chi connectivity index (χ1v) is 7.08. The normalized spacial score (nSPS) is 10.4. The quantitative estimate of drug-likeness (QED) is 0.810. The van der Waals surface area contributed by atoms with Gasteiger partial charge in [0.2, 0.25) is 0 Å². The molecular formula is C14H20ClFN2O2. The second-order valence-corrected chi connectivity index (χ2v) is 4.86. The van der Waals surface area contributed by atoms with Gasteiger partial charge in [-0.15, -0.1) is 0 Å². The number of nitrogens with zero attached hydrogens (tertiary/aromatic N) is 1. The first kappa shape index (κ1) is 16.7. The first-order valence-electron chi connectivity index (χ1n) is 6.71. The molecule has 112 valence electrons. The maximum absolute atomic E-state index is 13.7. The van der Waals surface area contributed by atoms with Gasteiger partial charge in [-0.2, -0.15) is 0 Å². The molecule has 0 unspecified atom stereocenters. The number of anilines is 1. The van der Waals surface area contributed by atoms with E-state index in [1.165, 1.54) is 12.1 Å². The minimum atomic E-state index is -0.639. The van der Waals surface area contributed by atoms with Crippen molar-refractivity contribution >= 4 is 23.3 Å². The number of amides is 2. The van der Waals surface area contributed by atoms with Crippen molar-refractivity contribution in [2.75, 3.05) is 25.0 Å². The average Bonchev–Trinajstić information content (AvgIpc) is 2.44. The van der Waals surface area contributed by atoms with E-state index in [1.54, 1.807) is 11.0 Å². The fraction of sp³-hybridized carbons (Fsp3) is 0.500. The van der Waals surface area contributed by atoms with E-state index in [1.807, 2.05) is 6.92 Å². The fourth-order valence-corrected chi connectivity index (χ4v) is 1.89. The molecule has 0 radical (unpaired) electrons. The molecular weight excluding hydrogens is 283 g/mol. The van der Waals surface area contributed by atoms with Gasteiger partial charge in [0.15, 0.2) is 5.82 Å². The number of hydrogen-bond donors (Lipinski definition) is 2. The van der Waals surface area contributed by atoms with Crippen LogP contribution in [-0.4, -0.2) is 35.7 Å². The highest BCUT2D eigenvalue weighted by Gasteiger charge is 2.15. The minimum Gasteiger partial charge on any atom is -0.396 e. The van der Waals surface area contributed by atoms with Gasteiger partial charge in [-0.3, -0.25) is 0 Å². The van der Waals surface area contributed by atoms with Gasteiger partial charge in [0.25, 0.3) is 0 Å². The summed E-state index contributed by atoms with van der Waals surface area (Å²) in [6, 6.07) is 4.08. The Bertz CT molecular complexity index is 435. The molecule has 2 amide bonds. The molecule has 0 aliphatic heterocycles. The monoisotopic (exact) mass is 302 g/mol. The molecule has 2 N–H and O–H groups in total. The topological polar surface area (TPSA) is 52.6 Å². The van der Waals surface area contributed by atoms with Gasteiger partial charge in [-0.25, -0.2) is 9.18 Å². The zero-order chi connectivity index (χ0) is 15.0. The average molecular weight is 303 g/mol. The molecule has 20 heavy (non-hydrogen) atoms. The second-order valence-electron chi connectivity index (χ2n) is 4.45. The number of benzene rings is 1. The number of aliphatic hydroxyl groups excluding tert-OH is 1. The molecule has 0 heterocycles. The third-order valence-electron chi connectivity index (χ3n) is 2.85. The van der Waals surface area contributed by atoms with Crippen molar-refractivity contribution in [3.8, 4) is 0 Å². The molecule has 0 saturated carbocycles. The molecule has 0 fully saturated rings. The maximum Gasteiger partial charge on any atom is 0.321 e. The molecule has 4 nitrogen and oxygen atoms in total. The summed E-state index contributed by atoms with van der Waals surface area (Å²) in [6.45, 7) is 3.05. The van der Waals surface area contributed by atoms with Crippen LogP contribution >= 0.6 is 11.6 Å². The lowest BCUT2D eigenvalue weighted by molar-refractivity contribution is 0.201. The van der Waals surface area contributed by atoms with Gasteiger partial charge in [-0.1, -0.05) is 31.0 Å². The summed E-state index contributed by atoms with van der Waals surface area (Å²) >= 11 is 5.67. The van der Waals surface area contributed by atoms with Crippen molar-refractivity contribution < 1.29 is 14.3 Å². The van der Waals surface area contributed by atoms with E-state index >= 15 is 0 Å². The summed E-state index contributed by atoms with van der Waals surface area (Å²) in [5.41, 5.74) is 0.0630. The zero-order valence-corrected chi connectivity index (χ0v) is 12.3. The van der Waals surface area contributed by atoms with E-state index in [9.17, 15) is 9.18 Å². The van der Waals surface area contributed by atoms with Crippen LogP contribution in [0.25, 0.3) is 0 Å². The van der Waals surface area contributed by atoms with E-state index < -0.39 is 5.82 Å². The Hall–Kier alpha value is -1.33. The predicted molar refractivity (Wildman–Crippen MR) is 78.6 cm³/mol. The van der Waals surface area contributed by atoms with Crippen molar-refractivity contribution in [3.05, 3.63) is 29.0 Å². The first-order chi connectivity index (χ1) is 9.60. The third kappa shape index (κ3) is 4.98. The highest BCUT2D eigenvalue weighted by molar-refractivity contribution is 6.31. The van der Waals surface area contributed by atoms with E-state index in [0.717, 1.165) is 12.8 Å². The highest BCUT2D eigenvalue weighted by Crippen LogP contribution is 2.22. The number of nitrogens with one attached hydrogen (secondary N) is 1. The smallest absolute Gasteiger partial charge is 0.321 e. The maximum atomic E-state index is 13.7. The zero-order valence-electron chi connectivity index (χ0n) is 11.5. The number of urea groups is 1. The van der Waals surface area contributed by atoms with Gasteiger partial charge in [-0.05, 0) is 25.0 Å². The molecule has 0 bridgehead atoms. The number of halogens is 2. The number of carbonyl (C=O) groups excluding carboxylic acids is 1. The predicted octanol–water partition coefficient (Wildman–Crippen LogP) is 3.50. The molecule has 0 aliphatic carbocycles. The Morgan fingerprint density at radius 2 is 2.10 bits per heavy atom. The molecule has 0 aromatic heterocycles. The molecule has 6 heteroatoms. The van der Waals surface area contributed by atoms with Crippen LogP contribution in [0.3, 0.4) is 0 Å². The summed E-state index contributed by atoms with van der Waals surface area (Å²) in [5, 5.41) is 11.3. The standard InChI is InChI=1S/C14H20ClFN2O2/c1-2-3-8-18(9-5-10-19)14(20)17-12-7-4-6-11(15)13(12)16/h4,6-7,19H,2-3,5,8-10H2,1H3,(H,17,20). The van der Waals surface area contributed by atoms with Crippen LogP contribution in [0.4, 0.5) is 14.9 Å². The van der Waals surface area contributed by atoms with Crippen LogP contribution in [0.2, 0.25) is 5.02 Å². The van der Waals surface area contributed by atoms with Crippen LogP contribution in [0.5, 0.6) is 0 Å². The second kappa shape index (κ2) is 8.76. The molecule has 1 aromatic carbocycles. The van der Waals surface area contributed by atoms with Crippen molar-refractivity contribution in [2.24, 2.45) is 0 Å². The lowest BCUT2D eigenvalue weighted by atomic mass is 10.3. The Morgan fingerprint density at radius 3 is 2.75 bits per heavy atom. The van der Waals surface area contributed by atoms with E-state index in [-0.39, 0.29) is 23.3 Å². The van der Waals surface area contributed by atoms with E-state index in [4.69, 9.17) is 16.7 Å². The molecule has 1 rings (SSSR count). The van der Waals surface area contributed by atoms with Gasteiger partial charge in [0.05, 0.1) is 10.7 Å². The summed E-state index contributed by atoms with van der Waals surface area (Å²) < 4.78 is 13.7. The van der Waals surface area contributed by atoms with Crippen LogP contribution < -0.4 is 5.32 Å². The van der Waals surface area contributed by atoms with Crippen molar-refractivity contribution in [1.82, 2.24) is 4.90 Å². The Kier molecular flexibility index (Phi) is 7.33. The Balaban J connectivity index is 2.71. The van der Waals surface area contributed by atoms with Crippen LogP contribution in [0, 0.1) is 5.82 Å². The van der Waals surface area contributed by atoms with Crippen molar-refractivity contribution in [1.29, 1.82) is 0 Å². The molecule has 0 saturated heterocycles. The number of rotatable bonds is 7. The summed E-state index contributed by atoms with van der Waals surface area (Å²) in [4.78, 5) is 13.7. The largest absolute Gasteiger partial charge is 0.396 e. The minimum absolute atomic E-state index is 0.0153. The number of carbonyl (C=O) groups is 1. The number of hydrogen-bond acceptors (Lipinski definition) is 2. The van der Waals surface area contributed by atoms with Crippen LogP contribution in [0.1, 0.15) is 26.2 Å². The number of aliphatic hydroxyl groups is 1. The SMILES string of the molecule is CCCCN(CCCO)C(=O)Nc1cccc(Cl)c1F. The van der Waals surface area contributed by atoms with Gasteiger partial charge in [0.1, 0.15) is 0 Å². The molecule has 1 aromatic rings. The lowest BCUT2D eigenvalue weighted by Gasteiger charge is -2.22. The van der Waals surface area contributed by atoms with E-state index in [2.05, 4.69) is 5.32 Å². The number of unbranched alkanes of at least 4 members (excludes halogenated alkanes) is 1. The summed E-state index contributed by atoms with van der Waals surface area (Å²) in [5.74, 6) is -0.639. The molecule has 0 spiro atoms. The van der Waals surface area contributed by atoms with Gasteiger partial charge < -0.3 is 15.3 Å². The lowest BCUT2D eigenvalue weighted by Crippen LogP contribution is -2.37. The fourth-order valence-electron chi connectivity index (χ4n) is 1.72. The van der Waals surface area contributed by atoms with E-state index in [0.29, 0.717) is 19.5 Å². The van der Waals surface area contributed by atoms with Crippen molar-refractivity contribution in [2.45, 2.75) is 26.2 Å². The van der Waals surface area contributed by atoms with Gasteiger partial charge >= 0.3 is 6.03 Å². The summed E-state index contributed by atoms with van der Waals surface area (Å²) in [6.07, 6.45) is 2.31.